The Labute approximate surface area is 109 Å². The smallest absolute Gasteiger partial charge is 0.149 e. The van der Waals surface area contributed by atoms with Gasteiger partial charge >= 0.3 is 0 Å². The Morgan fingerprint density at radius 2 is 2.05 bits per heavy atom. The molecular formula is C14H11N3O2. The lowest BCUT2D eigenvalue weighted by Crippen LogP contribution is -1.97. The first-order chi connectivity index (χ1) is 9.22. The maximum absolute atomic E-state index is 7.69. The van der Waals surface area contributed by atoms with E-state index in [0.29, 0.717) is 23.0 Å². The highest BCUT2D eigenvalue weighted by Crippen LogP contribution is 2.51. The quantitative estimate of drug-likeness (QED) is 0.860. The van der Waals surface area contributed by atoms with Crippen molar-refractivity contribution in [2.75, 3.05) is 5.73 Å². The molecule has 94 valence electrons. The maximum Gasteiger partial charge on any atom is 0.149 e. The number of aromatic nitrogens is 1. The van der Waals surface area contributed by atoms with E-state index in [9.17, 15) is 0 Å². The van der Waals surface area contributed by atoms with Gasteiger partial charge in [0.2, 0.25) is 0 Å². The summed E-state index contributed by atoms with van der Waals surface area (Å²) < 4.78 is 11.3. The molecule has 0 saturated heterocycles. The highest BCUT2D eigenvalue weighted by molar-refractivity contribution is 6.11. The van der Waals surface area contributed by atoms with E-state index in [1.165, 1.54) is 0 Å². The molecule has 0 bridgehead atoms. The summed E-state index contributed by atoms with van der Waals surface area (Å²) in [5.74, 6) is 2.77. The minimum Gasteiger partial charge on any atom is -0.483 e. The van der Waals surface area contributed by atoms with Crippen LogP contribution in [0.4, 0.5) is 5.82 Å². The Morgan fingerprint density at radius 1 is 1.21 bits per heavy atom. The van der Waals surface area contributed by atoms with E-state index in [1.54, 1.807) is 18.3 Å². The Bertz CT molecular complexity index is 699. The minimum atomic E-state index is -0.0400. The van der Waals surface area contributed by atoms with E-state index in [1.807, 2.05) is 18.2 Å². The predicted octanol–water partition coefficient (Wildman–Crippen LogP) is 2.33. The molecule has 0 spiro atoms. The van der Waals surface area contributed by atoms with Gasteiger partial charge in [0.25, 0.3) is 0 Å². The van der Waals surface area contributed by atoms with E-state index in [-0.39, 0.29) is 12.0 Å². The number of nitrogens with two attached hydrogens (primary N) is 1. The van der Waals surface area contributed by atoms with Crippen molar-refractivity contribution in [3.63, 3.8) is 0 Å². The molecule has 1 aromatic carbocycles. The van der Waals surface area contributed by atoms with Gasteiger partial charge in [-0.1, -0.05) is 0 Å². The zero-order valence-corrected chi connectivity index (χ0v) is 9.96. The van der Waals surface area contributed by atoms with Gasteiger partial charge < -0.3 is 20.6 Å². The molecule has 5 nitrogen and oxygen atoms in total. The van der Waals surface area contributed by atoms with Crippen LogP contribution >= 0.6 is 0 Å². The van der Waals surface area contributed by atoms with Crippen LogP contribution in [0.15, 0.2) is 36.5 Å². The summed E-state index contributed by atoms with van der Waals surface area (Å²) in [6, 6.07) is 9.09. The number of nitrogens with zero attached hydrogens (tertiary/aromatic N) is 1. The first-order valence-corrected chi connectivity index (χ1v) is 6.01. The molecule has 1 aliphatic carbocycles. The molecule has 2 atom stereocenters. The molecule has 3 N–H and O–H groups in total. The van der Waals surface area contributed by atoms with Crippen LogP contribution < -0.4 is 15.2 Å². The van der Waals surface area contributed by atoms with Crippen molar-refractivity contribution in [3.8, 4) is 17.2 Å². The first kappa shape index (κ1) is 10.4. The van der Waals surface area contributed by atoms with E-state index in [2.05, 4.69) is 4.98 Å². The van der Waals surface area contributed by atoms with Gasteiger partial charge in [0.15, 0.2) is 0 Å². The number of ether oxygens (including phenoxy) is 2. The van der Waals surface area contributed by atoms with Crippen LogP contribution in [-0.4, -0.2) is 16.8 Å². The van der Waals surface area contributed by atoms with E-state index < -0.39 is 0 Å². The second kappa shape index (κ2) is 3.47. The number of nitrogen functional groups attached to an aromatic ring is 1. The Morgan fingerprint density at radius 3 is 2.89 bits per heavy atom. The van der Waals surface area contributed by atoms with Crippen molar-refractivity contribution >= 4 is 11.5 Å². The van der Waals surface area contributed by atoms with Crippen molar-refractivity contribution < 1.29 is 9.47 Å². The number of pyridine rings is 1. The number of fused-ring (bicyclic) bond motifs is 3. The summed E-state index contributed by atoms with van der Waals surface area (Å²) in [5, 5.41) is 7.69. The number of rotatable bonds is 2. The molecule has 1 fully saturated rings. The maximum atomic E-state index is 7.69. The van der Waals surface area contributed by atoms with Crippen LogP contribution in [0.25, 0.3) is 0 Å². The van der Waals surface area contributed by atoms with E-state index >= 15 is 0 Å². The lowest BCUT2D eigenvalue weighted by atomic mass is 10.1. The molecule has 1 aromatic heterocycles. The van der Waals surface area contributed by atoms with Gasteiger partial charge in [0.1, 0.15) is 29.2 Å². The lowest BCUT2D eigenvalue weighted by Gasteiger charge is -2.08. The Kier molecular flexibility index (Phi) is 1.90. The van der Waals surface area contributed by atoms with Gasteiger partial charge in [-0.25, -0.2) is 4.98 Å². The second-order valence-corrected chi connectivity index (χ2v) is 4.69. The normalized spacial score (nSPS) is 22.4. The summed E-state index contributed by atoms with van der Waals surface area (Å²) in [4.78, 5) is 3.92. The molecule has 1 saturated carbocycles. The SMILES string of the molecule is N=C1C2Oc3ccc(Oc4ccnc(N)c4)cc3C12. The van der Waals surface area contributed by atoms with Gasteiger partial charge in [-0.3, -0.25) is 0 Å². The van der Waals surface area contributed by atoms with Crippen molar-refractivity contribution in [1.29, 1.82) is 5.41 Å². The highest BCUT2D eigenvalue weighted by atomic mass is 16.5. The fourth-order valence-corrected chi connectivity index (χ4v) is 2.41. The molecule has 4 rings (SSSR count). The minimum absolute atomic E-state index is 0.0400. The van der Waals surface area contributed by atoms with Gasteiger partial charge in [-0.2, -0.15) is 0 Å². The molecule has 2 unspecified atom stereocenters. The summed E-state index contributed by atoms with van der Waals surface area (Å²) in [5.41, 5.74) is 7.30. The number of hydrogen-bond acceptors (Lipinski definition) is 5. The topological polar surface area (TPSA) is 81.2 Å². The monoisotopic (exact) mass is 253 g/mol. The summed E-state index contributed by atoms with van der Waals surface area (Å²) in [7, 11) is 0. The van der Waals surface area contributed by atoms with E-state index in [0.717, 1.165) is 11.3 Å². The van der Waals surface area contributed by atoms with Crippen molar-refractivity contribution in [2.45, 2.75) is 12.0 Å². The average molecular weight is 253 g/mol. The zero-order valence-electron chi connectivity index (χ0n) is 9.96. The van der Waals surface area contributed by atoms with Gasteiger partial charge in [-0.05, 0) is 24.3 Å². The molecule has 2 aromatic rings. The zero-order chi connectivity index (χ0) is 13.0. The molecule has 19 heavy (non-hydrogen) atoms. The number of hydrogen-bond donors (Lipinski definition) is 2. The third-order valence-corrected chi connectivity index (χ3v) is 3.39. The Balaban J connectivity index is 1.65. The van der Waals surface area contributed by atoms with Crippen molar-refractivity contribution in [2.24, 2.45) is 0 Å². The first-order valence-electron chi connectivity index (χ1n) is 6.01. The molecule has 0 radical (unpaired) electrons. The summed E-state index contributed by atoms with van der Waals surface area (Å²) >= 11 is 0. The fraction of sp³-hybridized carbons (Fsp3) is 0.143. The molecule has 2 aliphatic rings. The molecular weight excluding hydrogens is 242 g/mol. The van der Waals surface area contributed by atoms with Crippen LogP contribution in [-0.2, 0) is 0 Å². The number of nitrogens with one attached hydrogen (secondary N) is 1. The van der Waals surface area contributed by atoms with Crippen LogP contribution in [0.1, 0.15) is 11.5 Å². The van der Waals surface area contributed by atoms with Crippen molar-refractivity contribution in [1.82, 2.24) is 4.98 Å². The Hall–Kier alpha value is -2.56. The summed E-state index contributed by atoms with van der Waals surface area (Å²) in [6.07, 6.45) is 1.56. The molecule has 2 heterocycles. The fourth-order valence-electron chi connectivity index (χ4n) is 2.41. The lowest BCUT2D eigenvalue weighted by molar-refractivity contribution is 0.340. The number of benzene rings is 1. The third-order valence-electron chi connectivity index (χ3n) is 3.39. The van der Waals surface area contributed by atoms with Crippen LogP contribution in [0.3, 0.4) is 0 Å². The van der Waals surface area contributed by atoms with E-state index in [4.69, 9.17) is 20.6 Å². The summed E-state index contributed by atoms with van der Waals surface area (Å²) in [6.45, 7) is 0. The molecule has 1 aliphatic heterocycles. The number of anilines is 1. The van der Waals surface area contributed by atoms with Gasteiger partial charge in [-0.15, -0.1) is 0 Å². The standard InChI is InChI=1S/C14H11N3O2/c15-11-6-8(3-4-17-11)18-7-1-2-10-9(5-7)12-13(16)14(12)19-10/h1-6,12,14,16H,(H2,15,17). The third kappa shape index (κ3) is 1.55. The van der Waals surface area contributed by atoms with Crippen LogP contribution in [0.2, 0.25) is 0 Å². The second-order valence-electron chi connectivity index (χ2n) is 4.69. The highest BCUT2D eigenvalue weighted by Gasteiger charge is 2.54. The van der Waals surface area contributed by atoms with Gasteiger partial charge in [0, 0.05) is 17.8 Å². The van der Waals surface area contributed by atoms with Crippen LogP contribution in [0, 0.1) is 5.41 Å². The average Bonchev–Trinajstić information content (AvgIpc) is 2.85. The predicted molar refractivity (Wildman–Crippen MR) is 70.0 cm³/mol. The van der Waals surface area contributed by atoms with Gasteiger partial charge in [0.05, 0.1) is 11.6 Å². The largest absolute Gasteiger partial charge is 0.483 e. The van der Waals surface area contributed by atoms with Crippen LogP contribution in [0.5, 0.6) is 17.2 Å². The van der Waals surface area contributed by atoms with Crippen molar-refractivity contribution in [3.05, 3.63) is 42.1 Å². The molecule has 5 heteroatoms. The molecule has 0 amide bonds.